The van der Waals surface area contributed by atoms with Crippen molar-refractivity contribution >= 4 is 22.4 Å². The predicted molar refractivity (Wildman–Crippen MR) is 114 cm³/mol. The van der Waals surface area contributed by atoms with Gasteiger partial charge >= 0.3 is 0 Å². The molecule has 0 radical (unpaired) electrons. The molecule has 0 aliphatic rings. The number of nitrogens with one attached hydrogen (secondary N) is 1. The molecule has 0 saturated carbocycles. The number of fused-ring (bicyclic) bond motifs is 1. The van der Waals surface area contributed by atoms with Crippen LogP contribution in [0.1, 0.15) is 39.2 Å². The van der Waals surface area contributed by atoms with Crippen LogP contribution in [-0.4, -0.2) is 19.1 Å². The van der Waals surface area contributed by atoms with Crippen molar-refractivity contribution in [3.8, 4) is 16.9 Å². The molecular weight excluding hydrogens is 350 g/mol. The van der Waals surface area contributed by atoms with Crippen molar-refractivity contribution < 1.29 is 13.9 Å². The highest BCUT2D eigenvalue weighted by Crippen LogP contribution is 2.37. The normalized spacial score (nSPS) is 11.6. The molecule has 1 aromatic heterocycles. The van der Waals surface area contributed by atoms with Gasteiger partial charge in [0.25, 0.3) is 0 Å². The van der Waals surface area contributed by atoms with E-state index in [1.54, 1.807) is 12.3 Å². The standard InChI is InChI=1S/C24H27NO3/c1-4-6-12-25-24(26)13-17(3)19-14-20-21(18-10-8-7-9-11-18)16-28-23(20)15-22(19)27-5-2/h7-11,13-16H,4-6,12H2,1-3H3,(H,25,26)/b17-13+. The van der Waals surface area contributed by atoms with E-state index in [9.17, 15) is 4.79 Å². The highest BCUT2D eigenvalue weighted by molar-refractivity contribution is 6.00. The van der Waals surface area contributed by atoms with E-state index >= 15 is 0 Å². The first kappa shape index (κ1) is 19.7. The molecule has 1 heterocycles. The van der Waals surface area contributed by atoms with Crippen LogP contribution in [0.25, 0.3) is 27.7 Å². The fourth-order valence-corrected chi connectivity index (χ4v) is 3.19. The second-order valence-electron chi connectivity index (χ2n) is 6.76. The Morgan fingerprint density at radius 3 is 2.68 bits per heavy atom. The smallest absolute Gasteiger partial charge is 0.244 e. The first-order valence-electron chi connectivity index (χ1n) is 9.84. The first-order chi connectivity index (χ1) is 13.6. The Balaban J connectivity index is 2.01. The highest BCUT2D eigenvalue weighted by atomic mass is 16.5. The average Bonchev–Trinajstić information content (AvgIpc) is 3.11. The second-order valence-corrected chi connectivity index (χ2v) is 6.76. The van der Waals surface area contributed by atoms with Gasteiger partial charge in [0.15, 0.2) is 0 Å². The summed E-state index contributed by atoms with van der Waals surface area (Å²) >= 11 is 0. The third-order valence-corrected chi connectivity index (χ3v) is 4.66. The number of amides is 1. The van der Waals surface area contributed by atoms with Crippen molar-refractivity contribution in [3.63, 3.8) is 0 Å². The molecule has 2 aromatic carbocycles. The molecule has 4 heteroatoms. The van der Waals surface area contributed by atoms with Crippen LogP contribution in [0.5, 0.6) is 5.75 Å². The molecule has 0 unspecified atom stereocenters. The van der Waals surface area contributed by atoms with Crippen molar-refractivity contribution in [3.05, 3.63) is 60.4 Å². The minimum absolute atomic E-state index is 0.0797. The van der Waals surface area contributed by atoms with E-state index in [0.29, 0.717) is 13.2 Å². The molecule has 4 nitrogen and oxygen atoms in total. The molecule has 146 valence electrons. The molecule has 0 fully saturated rings. The number of benzene rings is 2. The van der Waals surface area contributed by atoms with E-state index in [0.717, 1.165) is 51.8 Å². The number of ether oxygens (including phenoxy) is 1. The molecule has 0 bridgehead atoms. The zero-order valence-corrected chi connectivity index (χ0v) is 16.7. The molecule has 0 aliphatic carbocycles. The Kier molecular flexibility index (Phi) is 6.53. The van der Waals surface area contributed by atoms with Crippen molar-refractivity contribution in [1.29, 1.82) is 0 Å². The van der Waals surface area contributed by atoms with E-state index in [1.165, 1.54) is 0 Å². The lowest BCUT2D eigenvalue weighted by Gasteiger charge is -2.12. The van der Waals surface area contributed by atoms with Gasteiger partial charge in [0.2, 0.25) is 5.91 Å². The SMILES string of the molecule is CCCCNC(=O)/C=C(\C)c1cc2c(-c3ccccc3)coc2cc1OCC. The summed E-state index contributed by atoms with van der Waals surface area (Å²) in [5, 5.41) is 3.93. The van der Waals surface area contributed by atoms with E-state index in [-0.39, 0.29) is 5.91 Å². The maximum atomic E-state index is 12.2. The molecule has 1 N–H and O–H groups in total. The molecule has 28 heavy (non-hydrogen) atoms. The van der Waals surface area contributed by atoms with Crippen molar-refractivity contribution in [1.82, 2.24) is 5.32 Å². The van der Waals surface area contributed by atoms with Gasteiger partial charge in [-0.1, -0.05) is 43.7 Å². The summed E-state index contributed by atoms with van der Waals surface area (Å²) in [6.45, 7) is 7.22. The zero-order chi connectivity index (χ0) is 19.9. The van der Waals surface area contributed by atoms with Gasteiger partial charge < -0.3 is 14.5 Å². The monoisotopic (exact) mass is 377 g/mol. The van der Waals surface area contributed by atoms with E-state index in [1.807, 2.05) is 38.1 Å². The van der Waals surface area contributed by atoms with Gasteiger partial charge in [-0.15, -0.1) is 0 Å². The lowest BCUT2D eigenvalue weighted by molar-refractivity contribution is -0.116. The Hall–Kier alpha value is -3.01. The van der Waals surface area contributed by atoms with Gasteiger partial charge in [0.05, 0.1) is 12.9 Å². The number of unbranched alkanes of at least 4 members (excludes halogenated alkanes) is 1. The van der Waals surface area contributed by atoms with E-state index in [2.05, 4.69) is 30.4 Å². The number of rotatable bonds is 8. The van der Waals surface area contributed by atoms with E-state index < -0.39 is 0 Å². The minimum atomic E-state index is -0.0797. The van der Waals surface area contributed by atoms with Crippen LogP contribution in [-0.2, 0) is 4.79 Å². The van der Waals surface area contributed by atoms with Crippen LogP contribution in [0.4, 0.5) is 0 Å². The number of carbonyl (C=O) groups is 1. The highest BCUT2D eigenvalue weighted by Gasteiger charge is 2.15. The maximum absolute atomic E-state index is 12.2. The van der Waals surface area contributed by atoms with Gasteiger partial charge in [-0.2, -0.15) is 0 Å². The Labute approximate surface area is 166 Å². The number of carbonyl (C=O) groups excluding carboxylic acids is 1. The van der Waals surface area contributed by atoms with Crippen LogP contribution in [0, 0.1) is 0 Å². The molecule has 0 aliphatic heterocycles. The molecule has 0 atom stereocenters. The fraction of sp³-hybridized carbons (Fsp3) is 0.292. The van der Waals surface area contributed by atoms with Gasteiger partial charge in [-0.05, 0) is 37.5 Å². The summed E-state index contributed by atoms with van der Waals surface area (Å²) in [6, 6.07) is 14.1. The summed E-state index contributed by atoms with van der Waals surface area (Å²) in [5.41, 5.74) is 4.65. The lowest BCUT2D eigenvalue weighted by atomic mass is 9.99. The maximum Gasteiger partial charge on any atom is 0.244 e. The van der Waals surface area contributed by atoms with Gasteiger partial charge in [0, 0.05) is 35.2 Å². The Bertz CT molecular complexity index is 970. The number of hydrogen-bond donors (Lipinski definition) is 1. The molecule has 3 aromatic rings. The van der Waals surface area contributed by atoms with Gasteiger partial charge in [0.1, 0.15) is 11.3 Å². The van der Waals surface area contributed by atoms with Crippen molar-refractivity contribution in [2.45, 2.75) is 33.6 Å². The number of furan rings is 1. The summed E-state index contributed by atoms with van der Waals surface area (Å²) in [5.74, 6) is 0.642. The third-order valence-electron chi connectivity index (χ3n) is 4.66. The quantitative estimate of drug-likeness (QED) is 0.398. The van der Waals surface area contributed by atoms with Crippen molar-refractivity contribution in [2.75, 3.05) is 13.2 Å². The molecule has 0 spiro atoms. The molecular formula is C24H27NO3. The molecule has 0 saturated heterocycles. The summed E-state index contributed by atoms with van der Waals surface area (Å²) in [7, 11) is 0. The van der Waals surface area contributed by atoms with Gasteiger partial charge in [-0.25, -0.2) is 0 Å². The van der Waals surface area contributed by atoms with Crippen LogP contribution >= 0.6 is 0 Å². The first-order valence-corrected chi connectivity index (χ1v) is 9.84. The Morgan fingerprint density at radius 1 is 1.18 bits per heavy atom. The molecule has 3 rings (SSSR count). The largest absolute Gasteiger partial charge is 0.493 e. The van der Waals surface area contributed by atoms with Crippen molar-refractivity contribution in [2.24, 2.45) is 0 Å². The predicted octanol–water partition coefficient (Wildman–Crippen LogP) is 5.82. The van der Waals surface area contributed by atoms with Crippen LogP contribution in [0.15, 0.2) is 59.2 Å². The topological polar surface area (TPSA) is 51.5 Å². The number of allylic oxidation sites excluding steroid dienone is 1. The second kappa shape index (κ2) is 9.27. The molecule has 1 amide bonds. The van der Waals surface area contributed by atoms with Crippen LogP contribution in [0.3, 0.4) is 0 Å². The summed E-state index contributed by atoms with van der Waals surface area (Å²) in [6.07, 6.45) is 5.44. The van der Waals surface area contributed by atoms with Crippen LogP contribution < -0.4 is 10.1 Å². The minimum Gasteiger partial charge on any atom is -0.493 e. The Morgan fingerprint density at radius 2 is 1.96 bits per heavy atom. The van der Waals surface area contributed by atoms with Gasteiger partial charge in [-0.3, -0.25) is 4.79 Å². The zero-order valence-electron chi connectivity index (χ0n) is 16.7. The lowest BCUT2D eigenvalue weighted by Crippen LogP contribution is -2.22. The fourth-order valence-electron chi connectivity index (χ4n) is 3.19. The number of hydrogen-bond acceptors (Lipinski definition) is 3. The average molecular weight is 377 g/mol. The van der Waals surface area contributed by atoms with Crippen LogP contribution in [0.2, 0.25) is 0 Å². The third kappa shape index (κ3) is 4.45. The van der Waals surface area contributed by atoms with E-state index in [4.69, 9.17) is 9.15 Å². The summed E-state index contributed by atoms with van der Waals surface area (Å²) < 4.78 is 11.6. The summed E-state index contributed by atoms with van der Waals surface area (Å²) in [4.78, 5) is 12.2.